The maximum Gasteiger partial charge on any atom is 0.419 e. The number of anilines is 2. The fourth-order valence-electron chi connectivity index (χ4n) is 3.06. The average molecular weight is 452 g/mol. The van der Waals surface area contributed by atoms with E-state index in [1.54, 1.807) is 12.1 Å². The monoisotopic (exact) mass is 451 g/mol. The van der Waals surface area contributed by atoms with Crippen LogP contribution in [0.4, 0.5) is 24.3 Å². The molecule has 0 bridgehead atoms. The van der Waals surface area contributed by atoms with Gasteiger partial charge < -0.3 is 15.8 Å². The van der Waals surface area contributed by atoms with E-state index in [-0.39, 0.29) is 30.3 Å². The maximum atomic E-state index is 13.7. The number of nitrogens with one attached hydrogen (secondary N) is 1. The molecule has 3 rings (SSSR count). The summed E-state index contributed by atoms with van der Waals surface area (Å²) in [7, 11) is 0. The van der Waals surface area contributed by atoms with Crippen LogP contribution in [0.15, 0.2) is 35.8 Å². The number of hydrogen-bond donors (Lipinski definition) is 2. The summed E-state index contributed by atoms with van der Waals surface area (Å²) >= 11 is 1.39. The van der Waals surface area contributed by atoms with Gasteiger partial charge in [-0.1, -0.05) is 6.92 Å². The Morgan fingerprint density at radius 2 is 1.97 bits per heavy atom. The summed E-state index contributed by atoms with van der Waals surface area (Å²) < 4.78 is 46.6. The van der Waals surface area contributed by atoms with Crippen molar-refractivity contribution in [2.24, 2.45) is 11.7 Å². The molecule has 2 unspecified atom stereocenters. The van der Waals surface area contributed by atoms with Crippen LogP contribution in [0.1, 0.15) is 31.5 Å². The number of rotatable bonds is 8. The average Bonchev–Trinajstić information content (AvgIpc) is 3.10. The normalized spacial score (nSPS) is 13.6. The fourth-order valence-corrected chi connectivity index (χ4v) is 3.74. The minimum Gasteiger partial charge on any atom is -0.493 e. The Hall–Kier alpha value is -2.72. The SMILES string of the molecule is Cc1csc(Nc2nccc(-c3ccc(OCC(C)CC(C)N)c(C(F)(F)F)c3)n2)n1. The highest BCUT2D eigenvalue weighted by Gasteiger charge is 2.35. The molecule has 0 amide bonds. The summed E-state index contributed by atoms with van der Waals surface area (Å²) in [6.45, 7) is 5.76. The van der Waals surface area contributed by atoms with Crippen molar-refractivity contribution in [2.45, 2.75) is 39.4 Å². The lowest BCUT2D eigenvalue weighted by Gasteiger charge is -2.19. The highest BCUT2D eigenvalue weighted by atomic mass is 32.1. The Kier molecular flexibility index (Phi) is 7.11. The summed E-state index contributed by atoms with van der Waals surface area (Å²) in [6, 6.07) is 5.44. The van der Waals surface area contributed by atoms with Gasteiger partial charge in [0.2, 0.25) is 5.95 Å². The molecule has 0 saturated carbocycles. The van der Waals surface area contributed by atoms with E-state index in [1.807, 2.05) is 26.2 Å². The Balaban J connectivity index is 1.84. The molecule has 6 nitrogen and oxygen atoms in total. The van der Waals surface area contributed by atoms with Crippen molar-refractivity contribution < 1.29 is 17.9 Å². The van der Waals surface area contributed by atoms with Crippen LogP contribution in [-0.4, -0.2) is 27.6 Å². The third kappa shape index (κ3) is 6.38. The van der Waals surface area contributed by atoms with Crippen LogP contribution >= 0.6 is 11.3 Å². The van der Waals surface area contributed by atoms with Gasteiger partial charge in [0, 0.05) is 23.2 Å². The number of thiazole rings is 1. The molecule has 2 heterocycles. The Morgan fingerprint density at radius 3 is 2.61 bits per heavy atom. The third-order valence-electron chi connectivity index (χ3n) is 4.37. The third-order valence-corrected chi connectivity index (χ3v) is 5.25. The Bertz CT molecular complexity index is 1020. The molecular weight excluding hydrogens is 427 g/mol. The number of halogens is 3. The lowest BCUT2D eigenvalue weighted by Crippen LogP contribution is -2.22. The van der Waals surface area contributed by atoms with E-state index in [2.05, 4.69) is 20.3 Å². The molecule has 2 aromatic heterocycles. The van der Waals surface area contributed by atoms with Gasteiger partial charge >= 0.3 is 6.18 Å². The number of aromatic nitrogens is 3. The second-order valence-corrected chi connectivity index (χ2v) is 8.38. The first kappa shape index (κ1) is 23.0. The topological polar surface area (TPSA) is 86.0 Å². The highest BCUT2D eigenvalue weighted by Crippen LogP contribution is 2.39. The number of nitrogens with two attached hydrogens (primary N) is 1. The van der Waals surface area contributed by atoms with E-state index in [4.69, 9.17) is 10.5 Å². The molecule has 3 N–H and O–H groups in total. The minimum atomic E-state index is -4.57. The molecule has 2 atom stereocenters. The Morgan fingerprint density at radius 1 is 1.19 bits per heavy atom. The largest absolute Gasteiger partial charge is 0.493 e. The quantitative estimate of drug-likeness (QED) is 0.475. The minimum absolute atomic E-state index is 0.0331. The number of hydrogen-bond acceptors (Lipinski definition) is 7. The van der Waals surface area contributed by atoms with Crippen LogP contribution in [0.2, 0.25) is 0 Å². The number of benzene rings is 1. The summed E-state index contributed by atoms with van der Waals surface area (Å²) in [5.41, 5.74) is 6.42. The molecule has 0 fully saturated rings. The lowest BCUT2D eigenvalue weighted by atomic mass is 10.0. The fraction of sp³-hybridized carbons (Fsp3) is 0.381. The van der Waals surface area contributed by atoms with E-state index >= 15 is 0 Å². The van der Waals surface area contributed by atoms with Crippen molar-refractivity contribution in [2.75, 3.05) is 11.9 Å². The molecule has 1 aromatic carbocycles. The molecule has 0 saturated heterocycles. The predicted octanol–water partition coefficient (Wildman–Crippen LogP) is 5.42. The van der Waals surface area contributed by atoms with Gasteiger partial charge in [0.15, 0.2) is 5.13 Å². The van der Waals surface area contributed by atoms with Crippen molar-refractivity contribution in [1.29, 1.82) is 0 Å². The maximum absolute atomic E-state index is 13.7. The van der Waals surface area contributed by atoms with Crippen molar-refractivity contribution in [1.82, 2.24) is 15.0 Å². The zero-order valence-electron chi connectivity index (χ0n) is 17.4. The van der Waals surface area contributed by atoms with E-state index in [9.17, 15) is 13.2 Å². The molecule has 0 aliphatic rings. The molecule has 0 spiro atoms. The molecule has 3 aromatic rings. The van der Waals surface area contributed by atoms with Crippen LogP contribution < -0.4 is 15.8 Å². The smallest absolute Gasteiger partial charge is 0.419 e. The molecular formula is C21H24F3N5OS. The van der Waals surface area contributed by atoms with Crippen LogP contribution in [0.25, 0.3) is 11.3 Å². The van der Waals surface area contributed by atoms with Crippen LogP contribution in [-0.2, 0) is 6.18 Å². The summed E-state index contributed by atoms with van der Waals surface area (Å²) in [6.07, 6.45) is -2.42. The molecule has 0 radical (unpaired) electrons. The highest BCUT2D eigenvalue weighted by molar-refractivity contribution is 7.13. The van der Waals surface area contributed by atoms with Gasteiger partial charge in [0.05, 0.1) is 23.6 Å². The van der Waals surface area contributed by atoms with Gasteiger partial charge in [-0.3, -0.25) is 0 Å². The number of nitrogens with zero attached hydrogens (tertiary/aromatic N) is 3. The molecule has 0 aliphatic carbocycles. The number of aryl methyl sites for hydroxylation is 1. The predicted molar refractivity (Wildman–Crippen MR) is 116 cm³/mol. The van der Waals surface area contributed by atoms with E-state index < -0.39 is 11.7 Å². The molecule has 0 aliphatic heterocycles. The number of alkyl halides is 3. The van der Waals surface area contributed by atoms with E-state index in [0.717, 1.165) is 11.8 Å². The first-order chi connectivity index (χ1) is 14.6. The zero-order chi connectivity index (χ0) is 22.6. The van der Waals surface area contributed by atoms with Gasteiger partial charge in [-0.25, -0.2) is 15.0 Å². The lowest BCUT2D eigenvalue weighted by molar-refractivity contribution is -0.139. The Labute approximate surface area is 182 Å². The summed E-state index contributed by atoms with van der Waals surface area (Å²) in [5.74, 6) is 0.0784. The summed E-state index contributed by atoms with van der Waals surface area (Å²) in [4.78, 5) is 12.7. The van der Waals surface area contributed by atoms with Crippen molar-refractivity contribution >= 4 is 22.4 Å². The van der Waals surface area contributed by atoms with Crippen LogP contribution in [0, 0.1) is 12.8 Å². The van der Waals surface area contributed by atoms with Gasteiger partial charge in [0.1, 0.15) is 5.75 Å². The van der Waals surface area contributed by atoms with Gasteiger partial charge in [0.25, 0.3) is 0 Å². The molecule has 10 heteroatoms. The first-order valence-corrected chi connectivity index (χ1v) is 10.6. The van der Waals surface area contributed by atoms with Crippen molar-refractivity contribution in [3.05, 3.63) is 47.1 Å². The van der Waals surface area contributed by atoms with Gasteiger partial charge in [-0.05, 0) is 50.5 Å². The summed E-state index contributed by atoms with van der Waals surface area (Å²) in [5, 5.41) is 5.44. The van der Waals surface area contributed by atoms with Gasteiger partial charge in [-0.15, -0.1) is 11.3 Å². The first-order valence-electron chi connectivity index (χ1n) is 9.74. The van der Waals surface area contributed by atoms with Crippen molar-refractivity contribution in [3.63, 3.8) is 0 Å². The number of ether oxygens (including phenoxy) is 1. The van der Waals surface area contributed by atoms with E-state index in [1.165, 1.54) is 23.6 Å². The second-order valence-electron chi connectivity index (χ2n) is 7.52. The standard InChI is InChI=1S/C21H24F3N5OS/c1-12(8-13(2)25)10-30-18-5-4-15(9-16(18)21(22,23)24)17-6-7-26-19(28-17)29-20-27-14(3)11-31-20/h4-7,9,11-13H,8,10,25H2,1-3H3,(H,26,27,28,29). The zero-order valence-corrected chi connectivity index (χ0v) is 18.2. The van der Waals surface area contributed by atoms with Crippen LogP contribution in [0.5, 0.6) is 5.75 Å². The van der Waals surface area contributed by atoms with Crippen molar-refractivity contribution in [3.8, 4) is 17.0 Å². The van der Waals surface area contributed by atoms with E-state index in [0.29, 0.717) is 22.8 Å². The van der Waals surface area contributed by atoms with Gasteiger partial charge in [-0.2, -0.15) is 13.2 Å². The second kappa shape index (κ2) is 9.61. The van der Waals surface area contributed by atoms with Crippen LogP contribution in [0.3, 0.4) is 0 Å². The molecule has 31 heavy (non-hydrogen) atoms. The molecule has 166 valence electrons.